The van der Waals surface area contributed by atoms with Crippen LogP contribution in [-0.2, 0) is 0 Å². The molecular weight excluding hydrogens is 406 g/mol. The first-order valence-corrected chi connectivity index (χ1v) is 10.1. The van der Waals surface area contributed by atoms with Crippen LogP contribution < -0.4 is 16.1 Å². The summed E-state index contributed by atoms with van der Waals surface area (Å²) in [5.41, 5.74) is 5.43. The maximum Gasteiger partial charge on any atom is 0.341 e. The summed E-state index contributed by atoms with van der Waals surface area (Å²) in [5.74, 6) is -1.97. The van der Waals surface area contributed by atoms with Crippen LogP contribution in [0.2, 0.25) is 0 Å². The molecule has 9 heteroatoms. The summed E-state index contributed by atoms with van der Waals surface area (Å²) < 4.78 is 29.9. The fourth-order valence-corrected chi connectivity index (χ4v) is 4.82. The number of fused-ring (bicyclic) bond motifs is 3. The number of halogens is 2. The van der Waals surface area contributed by atoms with Gasteiger partial charge < -0.3 is 20.3 Å². The molecule has 31 heavy (non-hydrogen) atoms. The molecule has 2 aromatic heterocycles. The van der Waals surface area contributed by atoms with Gasteiger partial charge in [0.25, 0.3) is 0 Å². The highest BCUT2D eigenvalue weighted by atomic mass is 19.1. The number of nitrogens with zero attached hydrogens (tertiary/aromatic N) is 3. The SMILES string of the molecule is NC1C2CCC1CN(c1nc3c(cc1F)c(=O)c(C(=O)O)cn3-c1ccc(F)cc1)C2. The predicted molar refractivity (Wildman–Crippen MR) is 111 cm³/mol. The fraction of sp³-hybridized carbons (Fsp3) is 0.318. The van der Waals surface area contributed by atoms with Crippen molar-refractivity contribution in [2.24, 2.45) is 17.6 Å². The quantitative estimate of drug-likeness (QED) is 0.668. The van der Waals surface area contributed by atoms with Gasteiger partial charge in [-0.25, -0.2) is 18.6 Å². The molecule has 7 nitrogen and oxygen atoms in total. The Balaban J connectivity index is 1.72. The fourth-order valence-electron chi connectivity index (χ4n) is 4.82. The van der Waals surface area contributed by atoms with Gasteiger partial charge in [0.15, 0.2) is 17.3 Å². The van der Waals surface area contributed by atoms with Gasteiger partial charge in [-0.2, -0.15) is 0 Å². The number of rotatable bonds is 3. The van der Waals surface area contributed by atoms with Crippen molar-refractivity contribution in [1.82, 2.24) is 9.55 Å². The summed E-state index contributed by atoms with van der Waals surface area (Å²) in [7, 11) is 0. The molecule has 5 rings (SSSR count). The van der Waals surface area contributed by atoms with Crippen molar-refractivity contribution >= 4 is 22.8 Å². The van der Waals surface area contributed by atoms with E-state index in [1.807, 2.05) is 4.90 Å². The van der Waals surface area contributed by atoms with E-state index < -0.39 is 28.6 Å². The van der Waals surface area contributed by atoms with Crippen molar-refractivity contribution < 1.29 is 18.7 Å². The maximum absolute atomic E-state index is 15.1. The number of nitrogens with two attached hydrogens (primary N) is 1. The lowest BCUT2D eigenvalue weighted by molar-refractivity contribution is 0.0695. The lowest BCUT2D eigenvalue weighted by Crippen LogP contribution is -2.49. The molecule has 3 heterocycles. The van der Waals surface area contributed by atoms with Gasteiger partial charge in [-0.15, -0.1) is 0 Å². The lowest BCUT2D eigenvalue weighted by Gasteiger charge is -2.37. The molecule has 1 aliphatic carbocycles. The van der Waals surface area contributed by atoms with Gasteiger partial charge >= 0.3 is 5.97 Å². The largest absolute Gasteiger partial charge is 0.477 e. The van der Waals surface area contributed by atoms with Crippen molar-refractivity contribution in [3.05, 3.63) is 63.9 Å². The van der Waals surface area contributed by atoms with Gasteiger partial charge in [0.2, 0.25) is 5.43 Å². The number of aromatic carboxylic acids is 1. The Labute approximate surface area is 175 Å². The van der Waals surface area contributed by atoms with Crippen LogP contribution in [0.5, 0.6) is 0 Å². The minimum atomic E-state index is -1.44. The molecule has 1 saturated carbocycles. The average molecular weight is 426 g/mol. The minimum Gasteiger partial charge on any atom is -0.477 e. The molecule has 1 aliphatic heterocycles. The average Bonchev–Trinajstić information content (AvgIpc) is 2.95. The third-order valence-electron chi connectivity index (χ3n) is 6.45. The number of hydrogen-bond donors (Lipinski definition) is 2. The second-order valence-corrected chi connectivity index (χ2v) is 8.27. The molecule has 3 N–H and O–H groups in total. The number of carbonyl (C=O) groups is 1. The molecule has 160 valence electrons. The van der Waals surface area contributed by atoms with E-state index in [1.54, 1.807) is 0 Å². The van der Waals surface area contributed by atoms with E-state index in [0.29, 0.717) is 18.8 Å². The van der Waals surface area contributed by atoms with Crippen LogP contribution >= 0.6 is 0 Å². The molecule has 2 aliphatic rings. The molecule has 0 radical (unpaired) electrons. The third-order valence-corrected chi connectivity index (χ3v) is 6.45. The number of aromatic nitrogens is 2. The van der Waals surface area contributed by atoms with E-state index in [2.05, 4.69) is 4.98 Å². The van der Waals surface area contributed by atoms with Gasteiger partial charge in [-0.3, -0.25) is 4.79 Å². The molecule has 1 saturated heterocycles. The number of pyridine rings is 2. The summed E-state index contributed by atoms with van der Waals surface area (Å²) in [6.45, 7) is 1.14. The number of hydrogen-bond acceptors (Lipinski definition) is 5. The topological polar surface area (TPSA) is 101 Å². The van der Waals surface area contributed by atoms with E-state index >= 15 is 4.39 Å². The number of piperidine rings is 1. The first-order valence-electron chi connectivity index (χ1n) is 10.1. The van der Waals surface area contributed by atoms with Crippen LogP contribution in [0.15, 0.2) is 41.3 Å². The van der Waals surface area contributed by atoms with E-state index in [1.165, 1.54) is 28.8 Å². The highest BCUT2D eigenvalue weighted by Gasteiger charge is 2.40. The molecule has 2 bridgehead atoms. The highest BCUT2D eigenvalue weighted by molar-refractivity contribution is 5.92. The number of benzene rings is 1. The van der Waals surface area contributed by atoms with Gasteiger partial charge in [0.05, 0.1) is 5.39 Å². The summed E-state index contributed by atoms with van der Waals surface area (Å²) in [5, 5.41) is 9.30. The Morgan fingerprint density at radius 1 is 1.13 bits per heavy atom. The zero-order valence-electron chi connectivity index (χ0n) is 16.5. The summed E-state index contributed by atoms with van der Waals surface area (Å²) in [6.07, 6.45) is 3.12. The second kappa shape index (κ2) is 7.12. The van der Waals surface area contributed by atoms with Crippen LogP contribution in [0.25, 0.3) is 16.7 Å². The summed E-state index contributed by atoms with van der Waals surface area (Å²) >= 11 is 0. The standard InChI is InChI=1S/C22H20F2N4O3/c23-13-3-5-14(6-4-13)28-10-16(22(30)31)19(29)15-7-17(24)21(26-20(15)28)27-8-11-1-2-12(9-27)18(11)25/h3-7,10-12,18H,1-2,8-9,25H2,(H,30,31). The van der Waals surface area contributed by atoms with Crippen LogP contribution in [0, 0.1) is 23.5 Å². The van der Waals surface area contributed by atoms with Gasteiger partial charge in [0.1, 0.15) is 11.4 Å². The van der Waals surface area contributed by atoms with Crippen molar-refractivity contribution in [3.8, 4) is 5.69 Å². The predicted octanol–water partition coefficient (Wildman–Crippen LogP) is 2.54. The van der Waals surface area contributed by atoms with E-state index in [9.17, 15) is 19.1 Å². The van der Waals surface area contributed by atoms with Gasteiger partial charge in [0, 0.05) is 31.0 Å². The molecule has 0 spiro atoms. The smallest absolute Gasteiger partial charge is 0.341 e. The van der Waals surface area contributed by atoms with Crippen LogP contribution in [0.1, 0.15) is 23.2 Å². The van der Waals surface area contributed by atoms with E-state index in [0.717, 1.165) is 25.1 Å². The highest BCUT2D eigenvalue weighted by Crippen LogP contribution is 2.38. The van der Waals surface area contributed by atoms with E-state index in [4.69, 9.17) is 5.73 Å². The Bertz CT molecular complexity index is 1240. The number of carboxylic acids is 1. The monoisotopic (exact) mass is 426 g/mol. The molecule has 0 amide bonds. The second-order valence-electron chi connectivity index (χ2n) is 8.27. The molecule has 2 atom stereocenters. The maximum atomic E-state index is 15.1. The van der Waals surface area contributed by atoms with Crippen molar-refractivity contribution in [2.45, 2.75) is 18.9 Å². The first-order chi connectivity index (χ1) is 14.8. The number of anilines is 1. The number of carboxylic acid groups (broad SMARTS) is 1. The van der Waals surface area contributed by atoms with Gasteiger partial charge in [-0.05, 0) is 55.0 Å². The van der Waals surface area contributed by atoms with Crippen molar-refractivity contribution in [3.63, 3.8) is 0 Å². The zero-order valence-corrected chi connectivity index (χ0v) is 16.5. The zero-order chi connectivity index (χ0) is 21.9. The van der Waals surface area contributed by atoms with Gasteiger partial charge in [-0.1, -0.05) is 0 Å². The first kappa shape index (κ1) is 19.6. The Hall–Kier alpha value is -3.33. The van der Waals surface area contributed by atoms with Crippen LogP contribution in [-0.4, -0.2) is 39.8 Å². The molecule has 3 aromatic rings. The van der Waals surface area contributed by atoms with Crippen LogP contribution in [0.3, 0.4) is 0 Å². The molecule has 1 aromatic carbocycles. The van der Waals surface area contributed by atoms with Crippen molar-refractivity contribution in [1.29, 1.82) is 0 Å². The molecule has 2 fully saturated rings. The molecular formula is C22H20F2N4O3. The lowest BCUT2D eigenvalue weighted by atomic mass is 9.93. The Morgan fingerprint density at radius 3 is 2.39 bits per heavy atom. The third kappa shape index (κ3) is 3.16. The Kier molecular flexibility index (Phi) is 4.51. The Morgan fingerprint density at radius 2 is 1.77 bits per heavy atom. The molecule has 2 unspecified atom stereocenters. The minimum absolute atomic E-state index is 0.0929. The van der Waals surface area contributed by atoms with Crippen LogP contribution in [0.4, 0.5) is 14.6 Å². The summed E-state index contributed by atoms with van der Waals surface area (Å²) in [6, 6.07) is 6.45. The van der Waals surface area contributed by atoms with E-state index in [-0.39, 0.29) is 34.7 Å². The summed E-state index contributed by atoms with van der Waals surface area (Å²) in [4.78, 5) is 30.6. The normalized spacial score (nSPS) is 22.8. The van der Waals surface area contributed by atoms with Crippen molar-refractivity contribution in [2.75, 3.05) is 18.0 Å².